The number of hydrogen-bond acceptors (Lipinski definition) is 3. The molecule has 1 amide bonds. The minimum Gasteiger partial charge on any atom is -0.312 e. The van der Waals surface area contributed by atoms with Crippen LogP contribution in [0.1, 0.15) is 29.3 Å². The lowest BCUT2D eigenvalue weighted by Gasteiger charge is -2.17. The van der Waals surface area contributed by atoms with Gasteiger partial charge in [0.25, 0.3) is 5.91 Å². The highest BCUT2D eigenvalue weighted by molar-refractivity contribution is 7.16. The fourth-order valence-corrected chi connectivity index (χ4v) is 3.49. The average molecular weight is 270 g/mol. The molecular formula is C12H12F2N2OS. The number of thiophene rings is 1. The number of rotatable bonds is 2. The van der Waals surface area contributed by atoms with E-state index in [1.807, 2.05) is 6.07 Å². The topological polar surface area (TPSA) is 52.9 Å². The number of anilines is 1. The zero-order valence-corrected chi connectivity index (χ0v) is 10.6. The first-order valence-corrected chi connectivity index (χ1v) is 6.48. The second-order valence-corrected chi connectivity index (χ2v) is 5.56. The minimum absolute atomic E-state index is 0.266. The van der Waals surface area contributed by atoms with Crippen molar-refractivity contribution in [2.75, 3.05) is 5.32 Å². The fourth-order valence-electron chi connectivity index (χ4n) is 2.12. The molecule has 1 aliphatic rings. The van der Waals surface area contributed by atoms with Gasteiger partial charge in [-0.3, -0.25) is 4.79 Å². The van der Waals surface area contributed by atoms with Crippen LogP contribution in [-0.2, 0) is 17.6 Å². The summed E-state index contributed by atoms with van der Waals surface area (Å²) in [5, 5.41) is 11.5. The van der Waals surface area contributed by atoms with Gasteiger partial charge in [-0.05, 0) is 30.7 Å². The fraction of sp³-hybridized carbons (Fsp3) is 0.500. The van der Waals surface area contributed by atoms with E-state index in [0.717, 1.165) is 29.7 Å². The Kier molecular flexibility index (Phi) is 3.62. The molecule has 1 aliphatic carbocycles. The van der Waals surface area contributed by atoms with Crippen molar-refractivity contribution in [3.8, 4) is 6.07 Å². The third-order valence-corrected chi connectivity index (χ3v) is 4.23. The molecule has 6 heteroatoms. The van der Waals surface area contributed by atoms with Gasteiger partial charge in [-0.2, -0.15) is 14.0 Å². The molecule has 96 valence electrons. The Morgan fingerprint density at radius 1 is 1.61 bits per heavy atom. The molecule has 2 rings (SSSR count). The van der Waals surface area contributed by atoms with Crippen LogP contribution in [0.3, 0.4) is 0 Å². The zero-order valence-electron chi connectivity index (χ0n) is 9.80. The minimum atomic E-state index is -3.06. The van der Waals surface area contributed by atoms with Crippen molar-refractivity contribution in [1.82, 2.24) is 0 Å². The Bertz CT molecular complexity index is 519. The van der Waals surface area contributed by atoms with Crippen molar-refractivity contribution >= 4 is 22.2 Å². The van der Waals surface area contributed by atoms with E-state index in [4.69, 9.17) is 5.26 Å². The summed E-state index contributed by atoms with van der Waals surface area (Å²) in [5.41, 5.74) is 1.28. The van der Waals surface area contributed by atoms with E-state index >= 15 is 0 Å². The Morgan fingerprint density at radius 3 is 2.94 bits per heavy atom. The number of carbonyl (C=O) groups excluding carboxylic acids is 1. The Hall–Kier alpha value is -1.48. The summed E-state index contributed by atoms with van der Waals surface area (Å²) < 4.78 is 24.4. The number of hydrogen-bond donors (Lipinski definition) is 1. The second-order valence-electron chi connectivity index (χ2n) is 4.46. The first kappa shape index (κ1) is 13.0. The lowest BCUT2D eigenvalue weighted by Crippen LogP contribution is -2.19. The van der Waals surface area contributed by atoms with Gasteiger partial charge in [0.05, 0.1) is 5.56 Å². The number of alkyl halides is 2. The first-order chi connectivity index (χ1) is 8.52. The van der Waals surface area contributed by atoms with E-state index in [-0.39, 0.29) is 5.00 Å². The normalized spacial score (nSPS) is 18.3. The maximum atomic E-state index is 12.2. The maximum absolute atomic E-state index is 12.2. The van der Waals surface area contributed by atoms with Gasteiger partial charge in [0, 0.05) is 4.88 Å². The van der Waals surface area contributed by atoms with Gasteiger partial charge in [-0.1, -0.05) is 6.92 Å². The summed E-state index contributed by atoms with van der Waals surface area (Å²) in [6, 6.07) is 2.01. The third-order valence-electron chi connectivity index (χ3n) is 3.06. The summed E-state index contributed by atoms with van der Waals surface area (Å²) in [6.45, 7) is 2.12. The van der Waals surface area contributed by atoms with Gasteiger partial charge in [0.2, 0.25) is 0 Å². The highest BCUT2D eigenvalue weighted by atomic mass is 32.1. The van der Waals surface area contributed by atoms with Gasteiger partial charge in [0.1, 0.15) is 11.1 Å². The molecular weight excluding hydrogens is 258 g/mol. The molecule has 0 bridgehead atoms. The van der Waals surface area contributed by atoms with E-state index in [2.05, 4.69) is 12.2 Å². The predicted molar refractivity (Wildman–Crippen MR) is 64.9 cm³/mol. The summed E-state index contributed by atoms with van der Waals surface area (Å²) in [7, 11) is 0. The Morgan fingerprint density at radius 2 is 2.33 bits per heavy atom. The highest BCUT2D eigenvalue weighted by Gasteiger charge is 2.26. The molecule has 1 unspecified atom stereocenters. The van der Waals surface area contributed by atoms with Crippen molar-refractivity contribution in [2.24, 2.45) is 5.92 Å². The van der Waals surface area contributed by atoms with Crippen LogP contribution in [0.15, 0.2) is 0 Å². The molecule has 3 nitrogen and oxygen atoms in total. The number of fused-ring (bicyclic) bond motifs is 1. The molecule has 1 aromatic rings. The third kappa shape index (κ3) is 2.36. The van der Waals surface area contributed by atoms with Crippen LogP contribution < -0.4 is 5.32 Å². The summed E-state index contributed by atoms with van der Waals surface area (Å²) in [5.74, 6) is -0.820. The molecule has 1 aromatic heterocycles. The van der Waals surface area contributed by atoms with Crippen LogP contribution in [0.4, 0.5) is 13.8 Å². The standard InChI is InChI=1S/C12H12F2N2OS/c1-6-2-3-7-8(5-15)12(18-9(7)4-6)16-11(17)10(13)14/h6,10H,2-4H2,1H3,(H,16,17). The lowest BCUT2D eigenvalue weighted by molar-refractivity contribution is -0.126. The van der Waals surface area contributed by atoms with Crippen LogP contribution in [0.5, 0.6) is 0 Å². The molecule has 0 saturated heterocycles. The summed E-state index contributed by atoms with van der Waals surface area (Å²) in [6.07, 6.45) is -0.449. The van der Waals surface area contributed by atoms with Gasteiger partial charge in [0.15, 0.2) is 0 Å². The SMILES string of the molecule is CC1CCc2c(sc(NC(=O)C(F)F)c2C#N)C1. The molecule has 1 N–H and O–H groups in total. The number of carbonyl (C=O) groups is 1. The molecule has 0 aromatic carbocycles. The number of amides is 1. The number of nitrogens with zero attached hydrogens (tertiary/aromatic N) is 1. The van der Waals surface area contributed by atoms with Crippen molar-refractivity contribution in [3.05, 3.63) is 16.0 Å². The van der Waals surface area contributed by atoms with Gasteiger partial charge in [-0.15, -0.1) is 11.3 Å². The molecule has 0 radical (unpaired) electrons. The lowest BCUT2D eigenvalue weighted by atomic mass is 9.89. The van der Waals surface area contributed by atoms with E-state index in [9.17, 15) is 13.6 Å². The molecule has 0 aliphatic heterocycles. The van der Waals surface area contributed by atoms with E-state index in [1.54, 1.807) is 0 Å². The number of nitrogens with one attached hydrogen (secondary N) is 1. The van der Waals surface area contributed by atoms with Crippen LogP contribution in [0, 0.1) is 17.2 Å². The number of nitriles is 1. The average Bonchev–Trinajstić information content (AvgIpc) is 2.64. The Labute approximate surface area is 107 Å². The van der Waals surface area contributed by atoms with Crippen molar-refractivity contribution in [2.45, 2.75) is 32.6 Å². The van der Waals surface area contributed by atoms with Crippen LogP contribution in [-0.4, -0.2) is 12.3 Å². The van der Waals surface area contributed by atoms with E-state index in [0.29, 0.717) is 11.5 Å². The predicted octanol–water partition coefficient (Wildman–Crippen LogP) is 2.95. The molecule has 18 heavy (non-hydrogen) atoms. The van der Waals surface area contributed by atoms with E-state index < -0.39 is 12.3 Å². The smallest absolute Gasteiger partial charge is 0.312 e. The largest absolute Gasteiger partial charge is 0.315 e. The molecule has 0 spiro atoms. The summed E-state index contributed by atoms with van der Waals surface area (Å²) in [4.78, 5) is 12.0. The van der Waals surface area contributed by atoms with Crippen LogP contribution >= 0.6 is 11.3 Å². The van der Waals surface area contributed by atoms with Crippen molar-refractivity contribution in [3.63, 3.8) is 0 Å². The molecule has 0 fully saturated rings. The molecule has 1 atom stereocenters. The maximum Gasteiger partial charge on any atom is 0.315 e. The van der Waals surface area contributed by atoms with Crippen LogP contribution in [0.2, 0.25) is 0 Å². The quantitative estimate of drug-likeness (QED) is 0.898. The van der Waals surface area contributed by atoms with Gasteiger partial charge in [-0.25, -0.2) is 0 Å². The van der Waals surface area contributed by atoms with Crippen LogP contribution in [0.25, 0.3) is 0 Å². The first-order valence-electron chi connectivity index (χ1n) is 5.66. The molecule has 1 heterocycles. The monoisotopic (exact) mass is 270 g/mol. The van der Waals surface area contributed by atoms with Gasteiger partial charge >= 0.3 is 6.43 Å². The summed E-state index contributed by atoms with van der Waals surface area (Å²) >= 11 is 1.25. The van der Waals surface area contributed by atoms with Crippen molar-refractivity contribution in [1.29, 1.82) is 5.26 Å². The highest BCUT2D eigenvalue weighted by Crippen LogP contribution is 2.39. The van der Waals surface area contributed by atoms with E-state index in [1.165, 1.54) is 11.3 Å². The van der Waals surface area contributed by atoms with Crippen molar-refractivity contribution < 1.29 is 13.6 Å². The molecule has 0 saturated carbocycles. The Balaban J connectivity index is 2.32. The second kappa shape index (κ2) is 5.02. The number of halogens is 2. The van der Waals surface area contributed by atoms with Gasteiger partial charge < -0.3 is 5.32 Å². The zero-order chi connectivity index (χ0) is 13.3.